The Kier molecular flexibility index (Phi) is 6.20. The van der Waals surface area contributed by atoms with E-state index >= 15 is 0 Å². The van der Waals surface area contributed by atoms with Gasteiger partial charge in [0.2, 0.25) is 0 Å². The molecule has 3 aromatic rings. The van der Waals surface area contributed by atoms with Crippen LogP contribution in [0.25, 0.3) is 11.1 Å². The minimum absolute atomic E-state index is 0.0107. The van der Waals surface area contributed by atoms with Crippen molar-refractivity contribution in [3.05, 3.63) is 71.4 Å². The standard InChI is InChI=1S/C23H21F3N4O2/c1-13(27)20-18(14-7-9-17(10-8-14)30(2)3)12-19(22(31)32)29-21(20)28-16-6-4-5-15(11-16)23(24,25)26/h4-12,27H,1-3H3,(H,28,29)(H,31,32). The van der Waals surface area contributed by atoms with Crippen molar-refractivity contribution in [1.82, 2.24) is 4.98 Å². The van der Waals surface area contributed by atoms with Gasteiger partial charge in [0, 0.05) is 36.7 Å². The van der Waals surface area contributed by atoms with Crippen molar-refractivity contribution in [3.8, 4) is 11.1 Å². The van der Waals surface area contributed by atoms with E-state index < -0.39 is 17.7 Å². The highest BCUT2D eigenvalue weighted by Gasteiger charge is 2.30. The zero-order chi connectivity index (χ0) is 23.6. The molecule has 9 heteroatoms. The first kappa shape index (κ1) is 22.8. The van der Waals surface area contributed by atoms with E-state index in [9.17, 15) is 23.1 Å². The van der Waals surface area contributed by atoms with Gasteiger partial charge in [0.25, 0.3) is 0 Å². The molecule has 2 aromatic carbocycles. The molecular weight excluding hydrogens is 421 g/mol. The van der Waals surface area contributed by atoms with Crippen LogP contribution < -0.4 is 10.2 Å². The van der Waals surface area contributed by atoms with Crippen LogP contribution in [0.4, 0.5) is 30.4 Å². The van der Waals surface area contributed by atoms with Crippen LogP contribution in [-0.4, -0.2) is 35.9 Å². The van der Waals surface area contributed by atoms with Gasteiger partial charge in [0.15, 0.2) is 5.69 Å². The molecule has 0 spiro atoms. The lowest BCUT2D eigenvalue weighted by Gasteiger charge is -2.18. The number of anilines is 3. The third-order valence-electron chi connectivity index (χ3n) is 4.76. The number of rotatable bonds is 6. The molecule has 1 aromatic heterocycles. The Balaban J connectivity index is 2.18. The number of carboxylic acids is 1. The molecule has 0 saturated carbocycles. The van der Waals surface area contributed by atoms with Gasteiger partial charge >= 0.3 is 12.1 Å². The van der Waals surface area contributed by atoms with E-state index in [2.05, 4.69) is 10.3 Å². The molecule has 0 aliphatic rings. The van der Waals surface area contributed by atoms with E-state index in [4.69, 9.17) is 5.41 Å². The monoisotopic (exact) mass is 442 g/mol. The Morgan fingerprint density at radius 2 is 1.75 bits per heavy atom. The van der Waals surface area contributed by atoms with E-state index in [0.717, 1.165) is 17.8 Å². The predicted octanol–water partition coefficient (Wildman–Crippen LogP) is 5.66. The van der Waals surface area contributed by atoms with E-state index in [-0.39, 0.29) is 22.9 Å². The average molecular weight is 442 g/mol. The van der Waals surface area contributed by atoms with Gasteiger partial charge in [0.05, 0.1) is 5.56 Å². The van der Waals surface area contributed by atoms with Gasteiger partial charge in [-0.1, -0.05) is 18.2 Å². The second-order valence-electron chi connectivity index (χ2n) is 7.35. The number of aromatic nitrogens is 1. The molecule has 0 atom stereocenters. The van der Waals surface area contributed by atoms with Gasteiger partial charge in [0.1, 0.15) is 5.82 Å². The van der Waals surface area contributed by atoms with E-state index in [1.807, 2.05) is 31.1 Å². The van der Waals surface area contributed by atoms with Crippen LogP contribution in [0.3, 0.4) is 0 Å². The van der Waals surface area contributed by atoms with Crippen molar-refractivity contribution in [2.24, 2.45) is 0 Å². The third-order valence-corrected chi connectivity index (χ3v) is 4.76. The van der Waals surface area contributed by atoms with E-state index in [1.54, 1.807) is 12.1 Å². The van der Waals surface area contributed by atoms with E-state index in [1.165, 1.54) is 25.1 Å². The average Bonchev–Trinajstić information content (AvgIpc) is 2.72. The van der Waals surface area contributed by atoms with Crippen molar-refractivity contribution in [2.45, 2.75) is 13.1 Å². The smallest absolute Gasteiger partial charge is 0.416 e. The van der Waals surface area contributed by atoms with Crippen molar-refractivity contribution in [1.29, 1.82) is 5.41 Å². The minimum Gasteiger partial charge on any atom is -0.477 e. The Labute approximate surface area is 182 Å². The van der Waals surface area contributed by atoms with Gasteiger partial charge < -0.3 is 20.7 Å². The Hall–Kier alpha value is -3.88. The summed E-state index contributed by atoms with van der Waals surface area (Å²) in [5, 5.41) is 20.6. The van der Waals surface area contributed by atoms with Crippen molar-refractivity contribution in [3.63, 3.8) is 0 Å². The maximum Gasteiger partial charge on any atom is 0.416 e. The maximum atomic E-state index is 13.1. The molecule has 0 saturated heterocycles. The van der Waals surface area contributed by atoms with Crippen LogP contribution in [-0.2, 0) is 6.18 Å². The van der Waals surface area contributed by atoms with Crippen LogP contribution >= 0.6 is 0 Å². The van der Waals surface area contributed by atoms with Gasteiger partial charge in [-0.3, -0.25) is 0 Å². The first-order valence-corrected chi connectivity index (χ1v) is 9.53. The zero-order valence-corrected chi connectivity index (χ0v) is 17.6. The van der Waals surface area contributed by atoms with Crippen LogP contribution in [0.2, 0.25) is 0 Å². The quantitative estimate of drug-likeness (QED) is 0.429. The van der Waals surface area contributed by atoms with Gasteiger partial charge in [-0.25, -0.2) is 9.78 Å². The number of alkyl halides is 3. The Morgan fingerprint density at radius 3 is 2.28 bits per heavy atom. The number of benzene rings is 2. The highest BCUT2D eigenvalue weighted by Crippen LogP contribution is 2.34. The fourth-order valence-electron chi connectivity index (χ4n) is 3.20. The molecule has 166 valence electrons. The summed E-state index contributed by atoms with van der Waals surface area (Å²) in [5.74, 6) is -1.30. The molecule has 0 amide bonds. The van der Waals surface area contributed by atoms with Gasteiger partial charge in [-0.15, -0.1) is 0 Å². The number of carbonyl (C=O) groups is 1. The van der Waals surface area contributed by atoms with Crippen molar-refractivity contribution >= 4 is 28.9 Å². The summed E-state index contributed by atoms with van der Waals surface area (Å²) in [6.45, 7) is 1.51. The highest BCUT2D eigenvalue weighted by atomic mass is 19.4. The molecule has 3 N–H and O–H groups in total. The van der Waals surface area contributed by atoms with Crippen molar-refractivity contribution < 1.29 is 23.1 Å². The molecule has 0 unspecified atom stereocenters. The molecule has 1 heterocycles. The summed E-state index contributed by atoms with van der Waals surface area (Å²) in [6.07, 6.45) is -4.53. The summed E-state index contributed by atoms with van der Waals surface area (Å²) in [5.41, 5.74) is 1.31. The Bertz CT molecular complexity index is 1170. The first-order valence-electron chi connectivity index (χ1n) is 9.53. The summed E-state index contributed by atoms with van der Waals surface area (Å²) < 4.78 is 39.3. The summed E-state index contributed by atoms with van der Waals surface area (Å²) in [6, 6.07) is 13.1. The van der Waals surface area contributed by atoms with Crippen LogP contribution in [0.15, 0.2) is 54.6 Å². The largest absolute Gasteiger partial charge is 0.477 e. The maximum absolute atomic E-state index is 13.1. The number of carboxylic acid groups (broad SMARTS) is 1. The lowest BCUT2D eigenvalue weighted by atomic mass is 9.96. The predicted molar refractivity (Wildman–Crippen MR) is 118 cm³/mol. The summed E-state index contributed by atoms with van der Waals surface area (Å²) in [4.78, 5) is 17.7. The number of hydrogen-bond donors (Lipinski definition) is 3. The lowest BCUT2D eigenvalue weighted by molar-refractivity contribution is -0.137. The Morgan fingerprint density at radius 1 is 1.09 bits per heavy atom. The molecule has 0 radical (unpaired) electrons. The molecule has 6 nitrogen and oxygen atoms in total. The van der Waals surface area contributed by atoms with Crippen LogP contribution in [0.1, 0.15) is 28.5 Å². The number of nitrogens with one attached hydrogen (secondary N) is 2. The first-order chi connectivity index (χ1) is 15.0. The second kappa shape index (κ2) is 8.70. The fraction of sp³-hybridized carbons (Fsp3) is 0.174. The normalized spacial score (nSPS) is 11.2. The molecule has 0 bridgehead atoms. The van der Waals surface area contributed by atoms with Crippen LogP contribution in [0, 0.1) is 5.41 Å². The molecule has 0 aliphatic heterocycles. The fourth-order valence-corrected chi connectivity index (χ4v) is 3.20. The van der Waals surface area contributed by atoms with Gasteiger partial charge in [-0.2, -0.15) is 13.2 Å². The SMILES string of the molecule is CC(=N)c1c(-c2ccc(N(C)C)cc2)cc(C(=O)O)nc1Nc1cccc(C(F)(F)F)c1. The van der Waals surface area contributed by atoms with Gasteiger partial charge in [-0.05, 0) is 54.4 Å². The molecule has 3 rings (SSSR count). The number of halogens is 3. The summed E-state index contributed by atoms with van der Waals surface area (Å²) >= 11 is 0. The second-order valence-corrected chi connectivity index (χ2v) is 7.35. The number of hydrogen-bond acceptors (Lipinski definition) is 5. The molecule has 32 heavy (non-hydrogen) atoms. The molecule has 0 fully saturated rings. The summed E-state index contributed by atoms with van der Waals surface area (Å²) in [7, 11) is 3.77. The number of pyridine rings is 1. The topological polar surface area (TPSA) is 89.3 Å². The van der Waals surface area contributed by atoms with Crippen LogP contribution in [0.5, 0.6) is 0 Å². The number of nitrogens with zero attached hydrogens (tertiary/aromatic N) is 2. The van der Waals surface area contributed by atoms with Crippen molar-refractivity contribution in [2.75, 3.05) is 24.3 Å². The highest BCUT2D eigenvalue weighted by molar-refractivity contribution is 6.08. The zero-order valence-electron chi connectivity index (χ0n) is 17.6. The third kappa shape index (κ3) is 4.88. The lowest BCUT2D eigenvalue weighted by Crippen LogP contribution is -2.11. The van der Waals surface area contributed by atoms with E-state index in [0.29, 0.717) is 16.7 Å². The minimum atomic E-state index is -4.53. The number of aromatic carboxylic acids is 1. The molecular formula is C23H21F3N4O2. The molecule has 0 aliphatic carbocycles.